The van der Waals surface area contributed by atoms with Gasteiger partial charge >= 0.3 is 0 Å². The van der Waals surface area contributed by atoms with Crippen LogP contribution in [0.25, 0.3) is 5.82 Å². The molecule has 4 heterocycles. The highest BCUT2D eigenvalue weighted by atomic mass is 79.9. The molecular formula is C20H13BrCl2N6OS. The van der Waals surface area contributed by atoms with Gasteiger partial charge in [-0.15, -0.1) is 11.3 Å². The second-order valence-electron chi connectivity index (χ2n) is 6.79. The van der Waals surface area contributed by atoms with Gasteiger partial charge < -0.3 is 5.32 Å². The van der Waals surface area contributed by atoms with Gasteiger partial charge in [0.2, 0.25) is 0 Å². The van der Waals surface area contributed by atoms with Crippen LogP contribution < -0.4 is 10.2 Å². The van der Waals surface area contributed by atoms with Crippen LogP contribution in [0.3, 0.4) is 0 Å². The van der Waals surface area contributed by atoms with Gasteiger partial charge in [0.1, 0.15) is 4.60 Å². The van der Waals surface area contributed by atoms with Gasteiger partial charge in [0.25, 0.3) is 5.91 Å². The van der Waals surface area contributed by atoms with Crippen LogP contribution in [0.2, 0.25) is 10.0 Å². The van der Waals surface area contributed by atoms with E-state index in [2.05, 4.69) is 36.3 Å². The molecule has 0 spiro atoms. The first-order valence-electron chi connectivity index (χ1n) is 9.10. The summed E-state index contributed by atoms with van der Waals surface area (Å²) in [5.41, 5.74) is 2.72. The molecule has 0 fully saturated rings. The fraction of sp³-hybridized carbons (Fsp3) is 0.100. The van der Waals surface area contributed by atoms with Crippen LogP contribution in [0, 0.1) is 6.92 Å². The summed E-state index contributed by atoms with van der Waals surface area (Å²) in [4.78, 5) is 24.0. The zero-order chi connectivity index (χ0) is 21.7. The van der Waals surface area contributed by atoms with Crippen molar-refractivity contribution in [2.24, 2.45) is 0 Å². The minimum Gasteiger partial charge on any atom is -0.359 e. The number of nitrogens with one attached hydrogen (secondary N) is 1. The fourth-order valence-corrected chi connectivity index (χ4v) is 5.09. The lowest BCUT2D eigenvalue weighted by Crippen LogP contribution is -2.44. The Hall–Kier alpha value is -2.46. The van der Waals surface area contributed by atoms with Gasteiger partial charge in [-0.1, -0.05) is 23.2 Å². The summed E-state index contributed by atoms with van der Waals surface area (Å²) < 4.78 is 2.20. The second kappa shape index (κ2) is 7.90. The molecule has 1 atom stereocenters. The molecule has 3 aromatic heterocycles. The van der Waals surface area contributed by atoms with E-state index >= 15 is 0 Å². The largest absolute Gasteiger partial charge is 0.359 e. The highest BCUT2D eigenvalue weighted by Gasteiger charge is 2.39. The van der Waals surface area contributed by atoms with Crippen molar-refractivity contribution < 1.29 is 4.79 Å². The molecule has 0 bridgehead atoms. The summed E-state index contributed by atoms with van der Waals surface area (Å²) in [6, 6.07) is 8.80. The predicted molar refractivity (Wildman–Crippen MR) is 126 cm³/mol. The number of benzene rings is 1. The van der Waals surface area contributed by atoms with Crippen LogP contribution >= 0.6 is 50.5 Å². The van der Waals surface area contributed by atoms with E-state index in [1.807, 2.05) is 24.4 Å². The summed E-state index contributed by atoms with van der Waals surface area (Å²) in [7, 11) is 0. The second-order valence-corrected chi connectivity index (χ2v) is 9.32. The van der Waals surface area contributed by atoms with Gasteiger partial charge in [-0.3, -0.25) is 9.69 Å². The van der Waals surface area contributed by atoms with E-state index in [1.54, 1.807) is 40.2 Å². The van der Waals surface area contributed by atoms with E-state index in [0.717, 1.165) is 5.56 Å². The number of thiazole rings is 1. The summed E-state index contributed by atoms with van der Waals surface area (Å²) in [5, 5.41) is 11.3. The van der Waals surface area contributed by atoms with E-state index in [1.165, 1.54) is 11.3 Å². The van der Waals surface area contributed by atoms with Crippen LogP contribution in [-0.2, 0) is 0 Å². The maximum atomic E-state index is 13.6. The fourth-order valence-electron chi connectivity index (χ4n) is 3.55. The van der Waals surface area contributed by atoms with Crippen LogP contribution in [0.15, 0.2) is 52.7 Å². The molecule has 1 amide bonds. The zero-order valence-electron chi connectivity index (χ0n) is 15.9. The van der Waals surface area contributed by atoms with Gasteiger partial charge in [0.15, 0.2) is 17.1 Å². The molecule has 1 N–H and O–H groups in total. The third-order valence-electron chi connectivity index (χ3n) is 4.84. The first-order chi connectivity index (χ1) is 14.9. The highest BCUT2D eigenvalue weighted by Crippen LogP contribution is 2.41. The normalized spacial score (nSPS) is 15.7. The number of hydrogen-bond acceptors (Lipinski definition) is 6. The Labute approximate surface area is 199 Å². The summed E-state index contributed by atoms with van der Waals surface area (Å²) in [6.07, 6.45) is 2.69. The SMILES string of the molecule is Cc1cc(Cl)cc2c1NC(c1cc(Br)nn1-c1ncccc1Cl)N(c1nccs1)C2=O. The third kappa shape index (κ3) is 3.51. The average molecular weight is 536 g/mol. The van der Waals surface area contributed by atoms with Gasteiger partial charge in [-0.05, 0) is 58.7 Å². The van der Waals surface area contributed by atoms with Crippen molar-refractivity contribution in [2.45, 2.75) is 13.1 Å². The van der Waals surface area contributed by atoms with Crippen molar-refractivity contribution >= 4 is 67.2 Å². The van der Waals surface area contributed by atoms with Crippen molar-refractivity contribution in [1.29, 1.82) is 0 Å². The number of hydrogen-bond donors (Lipinski definition) is 1. The minimum atomic E-state index is -0.608. The molecular weight excluding hydrogens is 523 g/mol. The van der Waals surface area contributed by atoms with Crippen LogP contribution in [0.4, 0.5) is 10.8 Å². The molecule has 1 aliphatic rings. The minimum absolute atomic E-state index is 0.213. The molecule has 0 aliphatic carbocycles. The summed E-state index contributed by atoms with van der Waals surface area (Å²) >= 11 is 17.5. The van der Waals surface area contributed by atoms with Crippen molar-refractivity contribution in [3.8, 4) is 5.82 Å². The number of fused-ring (bicyclic) bond motifs is 1. The Morgan fingerprint density at radius 1 is 1.19 bits per heavy atom. The quantitative estimate of drug-likeness (QED) is 0.355. The molecule has 0 radical (unpaired) electrons. The molecule has 11 heteroatoms. The number of nitrogens with zero attached hydrogens (tertiary/aromatic N) is 5. The Kier molecular flexibility index (Phi) is 5.21. The smallest absolute Gasteiger partial charge is 0.264 e. The lowest BCUT2D eigenvalue weighted by atomic mass is 10.0. The molecule has 4 aromatic rings. The maximum Gasteiger partial charge on any atom is 0.264 e. The standard InChI is InChI=1S/C20H13BrCl2N6OS/c1-10-7-11(22)8-12-16(10)26-18(28(19(12)30)20-25-5-6-31-20)14-9-15(21)27-29(14)17-13(23)3-2-4-24-17/h2-9,18,26H,1H3. The van der Waals surface area contributed by atoms with Crippen LogP contribution in [-0.4, -0.2) is 25.7 Å². The predicted octanol–water partition coefficient (Wildman–Crippen LogP) is 5.87. The molecule has 0 saturated heterocycles. The van der Waals surface area contributed by atoms with Crippen LogP contribution in [0.1, 0.15) is 27.8 Å². The number of aromatic nitrogens is 4. The van der Waals surface area contributed by atoms with Crippen molar-refractivity contribution in [1.82, 2.24) is 19.7 Å². The number of halogens is 3. The molecule has 31 heavy (non-hydrogen) atoms. The van der Waals surface area contributed by atoms with E-state index in [4.69, 9.17) is 23.2 Å². The monoisotopic (exact) mass is 534 g/mol. The van der Waals surface area contributed by atoms with Gasteiger partial charge in [-0.2, -0.15) is 5.10 Å². The molecule has 0 saturated carbocycles. The van der Waals surface area contributed by atoms with Crippen molar-refractivity contribution in [3.05, 3.63) is 79.6 Å². The lowest BCUT2D eigenvalue weighted by molar-refractivity contribution is 0.0974. The number of aryl methyl sites for hydroxylation is 1. The van der Waals surface area contributed by atoms with Gasteiger partial charge in [0, 0.05) is 22.8 Å². The Bertz CT molecular complexity index is 1310. The number of carbonyl (C=O) groups is 1. The Morgan fingerprint density at radius 3 is 2.77 bits per heavy atom. The van der Waals surface area contributed by atoms with E-state index in [9.17, 15) is 4.79 Å². The van der Waals surface area contributed by atoms with E-state index < -0.39 is 6.17 Å². The lowest BCUT2D eigenvalue weighted by Gasteiger charge is -2.37. The molecule has 7 nitrogen and oxygen atoms in total. The van der Waals surface area contributed by atoms with Crippen LogP contribution in [0.5, 0.6) is 0 Å². The third-order valence-corrected chi connectivity index (χ3v) is 6.51. The topological polar surface area (TPSA) is 75.9 Å². The molecule has 1 aromatic carbocycles. The molecule has 156 valence electrons. The number of carbonyl (C=O) groups excluding carboxylic acids is 1. The molecule has 1 aliphatic heterocycles. The molecule has 1 unspecified atom stereocenters. The molecule has 5 rings (SSSR count). The van der Waals surface area contributed by atoms with E-state index in [-0.39, 0.29) is 5.91 Å². The highest BCUT2D eigenvalue weighted by molar-refractivity contribution is 9.10. The zero-order valence-corrected chi connectivity index (χ0v) is 19.8. The first-order valence-corrected chi connectivity index (χ1v) is 11.5. The summed E-state index contributed by atoms with van der Waals surface area (Å²) in [5.74, 6) is 0.243. The Balaban J connectivity index is 1.73. The first kappa shape index (κ1) is 20.4. The summed E-state index contributed by atoms with van der Waals surface area (Å²) in [6.45, 7) is 1.91. The number of amides is 1. The van der Waals surface area contributed by atoms with E-state index in [0.29, 0.717) is 42.5 Å². The maximum absolute atomic E-state index is 13.6. The number of anilines is 2. The number of pyridine rings is 1. The van der Waals surface area contributed by atoms with Crippen molar-refractivity contribution in [2.75, 3.05) is 10.2 Å². The van der Waals surface area contributed by atoms with Gasteiger partial charge in [-0.25, -0.2) is 14.6 Å². The average Bonchev–Trinajstić information content (AvgIpc) is 3.38. The number of rotatable bonds is 3. The van der Waals surface area contributed by atoms with Gasteiger partial charge in [0.05, 0.1) is 22.0 Å². The Morgan fingerprint density at radius 2 is 2.03 bits per heavy atom. The van der Waals surface area contributed by atoms with Crippen molar-refractivity contribution in [3.63, 3.8) is 0 Å².